The highest BCUT2D eigenvalue weighted by Gasteiger charge is 2.31. The first-order chi connectivity index (χ1) is 17.3. The van der Waals surface area contributed by atoms with Crippen LogP contribution in [-0.2, 0) is 0 Å². The van der Waals surface area contributed by atoms with Crippen molar-refractivity contribution in [2.24, 2.45) is 5.10 Å². The lowest BCUT2D eigenvalue weighted by atomic mass is 10.1. The van der Waals surface area contributed by atoms with Crippen LogP contribution in [0.15, 0.2) is 70.5 Å². The van der Waals surface area contributed by atoms with Gasteiger partial charge in [0.2, 0.25) is 0 Å². The average Bonchev–Trinajstić information content (AvgIpc) is 3.44. The van der Waals surface area contributed by atoms with E-state index in [0.29, 0.717) is 28.1 Å². The van der Waals surface area contributed by atoms with Gasteiger partial charge in [-0.3, -0.25) is 5.43 Å². The summed E-state index contributed by atoms with van der Waals surface area (Å²) in [6.07, 6.45) is -1.68. The molecule has 5 aromatic rings. The summed E-state index contributed by atoms with van der Waals surface area (Å²) in [5.74, 6) is -0.310. The van der Waals surface area contributed by atoms with Gasteiger partial charge in [0.25, 0.3) is 0 Å². The van der Waals surface area contributed by atoms with Gasteiger partial charge in [0.15, 0.2) is 5.11 Å². The maximum absolute atomic E-state index is 12.4. The number of anilines is 1. The first-order valence-electron chi connectivity index (χ1n) is 10.4. The van der Waals surface area contributed by atoms with E-state index >= 15 is 0 Å². The fourth-order valence-electron chi connectivity index (χ4n) is 3.52. The summed E-state index contributed by atoms with van der Waals surface area (Å²) in [5.41, 5.74) is 6.79. The zero-order valence-electron chi connectivity index (χ0n) is 18.4. The van der Waals surface area contributed by atoms with E-state index in [-0.39, 0.29) is 10.9 Å². The summed E-state index contributed by atoms with van der Waals surface area (Å²) >= 11 is 5.20. The van der Waals surface area contributed by atoms with Gasteiger partial charge in [0, 0.05) is 5.39 Å². The van der Waals surface area contributed by atoms with Gasteiger partial charge in [0.1, 0.15) is 28.9 Å². The molecule has 3 aromatic carbocycles. The van der Waals surface area contributed by atoms with E-state index in [1.807, 2.05) is 30.3 Å². The highest BCUT2D eigenvalue weighted by molar-refractivity contribution is 7.80. The van der Waals surface area contributed by atoms with E-state index in [1.165, 1.54) is 30.5 Å². The van der Waals surface area contributed by atoms with Crippen LogP contribution in [0.25, 0.3) is 27.5 Å². The number of alkyl halides is 3. The minimum absolute atomic E-state index is 0.287. The molecule has 2 N–H and O–H groups in total. The van der Waals surface area contributed by atoms with E-state index < -0.39 is 6.36 Å². The first-order valence-corrected chi connectivity index (χ1v) is 10.8. The Balaban J connectivity index is 1.33. The predicted molar refractivity (Wildman–Crippen MR) is 131 cm³/mol. The number of halogens is 3. The monoisotopic (exact) mass is 511 g/mol. The molecule has 0 saturated heterocycles. The summed E-state index contributed by atoms with van der Waals surface area (Å²) < 4.78 is 47.6. The molecular weight excluding hydrogens is 495 g/mol. The van der Waals surface area contributed by atoms with Crippen LogP contribution in [0, 0.1) is 6.92 Å². The Morgan fingerprint density at radius 1 is 1.14 bits per heavy atom. The van der Waals surface area contributed by atoms with Crippen LogP contribution in [0.3, 0.4) is 0 Å². The Morgan fingerprint density at radius 2 is 1.94 bits per heavy atom. The first kappa shape index (κ1) is 23.2. The molecule has 0 unspecified atom stereocenters. The normalized spacial score (nSPS) is 11.9. The van der Waals surface area contributed by atoms with Crippen molar-refractivity contribution in [1.82, 2.24) is 25.6 Å². The lowest BCUT2D eigenvalue weighted by Crippen LogP contribution is -2.23. The Hall–Kier alpha value is -4.52. The van der Waals surface area contributed by atoms with Crippen LogP contribution in [0.1, 0.15) is 11.3 Å². The maximum Gasteiger partial charge on any atom is 0.573 e. The Morgan fingerprint density at radius 3 is 2.67 bits per heavy atom. The molecule has 13 heteroatoms. The summed E-state index contributed by atoms with van der Waals surface area (Å²) in [5, 5.41) is 21.4. The summed E-state index contributed by atoms with van der Waals surface area (Å²) in [6.45, 7) is 1.78. The minimum Gasteiger partial charge on any atom is -0.406 e. The van der Waals surface area contributed by atoms with Crippen molar-refractivity contribution >= 4 is 51.0 Å². The number of hydrogen-bond acceptors (Lipinski definition) is 7. The van der Waals surface area contributed by atoms with Crippen molar-refractivity contribution < 1.29 is 22.4 Å². The quantitative estimate of drug-likeness (QED) is 0.191. The minimum atomic E-state index is -4.75. The fraction of sp³-hybridized carbons (Fsp3) is 0.0870. The van der Waals surface area contributed by atoms with Crippen molar-refractivity contribution in [2.45, 2.75) is 13.3 Å². The number of hydrogen-bond donors (Lipinski definition) is 2. The van der Waals surface area contributed by atoms with Gasteiger partial charge in [-0.1, -0.05) is 28.6 Å². The number of thiocarbonyl (C=S) groups is 1. The smallest absolute Gasteiger partial charge is 0.406 e. The van der Waals surface area contributed by atoms with Gasteiger partial charge in [-0.15, -0.1) is 18.3 Å². The molecule has 0 spiro atoms. The summed E-state index contributed by atoms with van der Waals surface area (Å²) in [7, 11) is 0. The number of ether oxygens (including phenoxy) is 1. The number of aryl methyl sites for hydroxylation is 1. The number of nitrogens with one attached hydrogen (secondary N) is 2. The van der Waals surface area contributed by atoms with Gasteiger partial charge in [0.05, 0.1) is 17.4 Å². The molecular formula is C23H16F3N7O2S. The number of aromatic nitrogens is 4. The molecule has 0 amide bonds. The maximum atomic E-state index is 12.4. The van der Waals surface area contributed by atoms with E-state index in [1.54, 1.807) is 17.8 Å². The summed E-state index contributed by atoms with van der Waals surface area (Å²) in [6, 6.07) is 14.9. The molecule has 0 radical (unpaired) electrons. The van der Waals surface area contributed by atoms with Crippen molar-refractivity contribution in [1.29, 1.82) is 0 Å². The van der Waals surface area contributed by atoms with Crippen molar-refractivity contribution in [3.05, 3.63) is 72.1 Å². The van der Waals surface area contributed by atoms with Crippen LogP contribution >= 0.6 is 12.2 Å². The lowest BCUT2D eigenvalue weighted by molar-refractivity contribution is -0.274. The zero-order chi connectivity index (χ0) is 25.3. The highest BCUT2D eigenvalue weighted by Crippen LogP contribution is 2.28. The molecule has 36 heavy (non-hydrogen) atoms. The highest BCUT2D eigenvalue weighted by atomic mass is 32.1. The summed E-state index contributed by atoms with van der Waals surface area (Å²) in [4.78, 5) is 0. The molecule has 5 rings (SSSR count). The molecule has 0 fully saturated rings. The van der Waals surface area contributed by atoms with E-state index in [0.717, 1.165) is 16.3 Å². The molecule has 0 saturated carbocycles. The molecule has 0 aliphatic rings. The third-order valence-electron chi connectivity index (χ3n) is 5.15. The van der Waals surface area contributed by atoms with Crippen molar-refractivity contribution in [3.8, 4) is 11.4 Å². The molecule has 0 atom stereocenters. The molecule has 0 aliphatic heterocycles. The predicted octanol–water partition coefficient (Wildman–Crippen LogP) is 5.09. The lowest BCUT2D eigenvalue weighted by Gasteiger charge is -2.09. The Kier molecular flexibility index (Phi) is 5.98. The third kappa shape index (κ3) is 4.95. The van der Waals surface area contributed by atoms with E-state index in [2.05, 4.69) is 36.0 Å². The largest absolute Gasteiger partial charge is 0.573 e. The number of fused-ring (bicyclic) bond motifs is 3. The standard InChI is InChI=1S/C23H16F3N7O2S/c1-13-19(12-34-31-13)28-22(36)30-27-11-14-2-8-18-15(10-14)3-9-20-21(18)29-32-33(20)16-4-6-17(7-5-16)35-23(24,25)26/h2-12H,1H3,(H2,28,30,36)/b27-11+. The third-order valence-corrected chi connectivity index (χ3v) is 5.34. The van der Waals surface area contributed by atoms with Crippen LogP contribution in [-0.4, -0.2) is 37.8 Å². The van der Waals surface area contributed by atoms with Crippen LogP contribution < -0.4 is 15.5 Å². The van der Waals surface area contributed by atoms with Gasteiger partial charge >= 0.3 is 6.36 Å². The molecule has 2 heterocycles. The number of nitrogens with zero attached hydrogens (tertiary/aromatic N) is 5. The molecule has 182 valence electrons. The number of rotatable bonds is 5. The average molecular weight is 511 g/mol. The van der Waals surface area contributed by atoms with Gasteiger partial charge in [-0.25, -0.2) is 4.68 Å². The fourth-order valence-corrected chi connectivity index (χ4v) is 3.68. The Labute approximate surface area is 206 Å². The second-order valence-electron chi connectivity index (χ2n) is 7.59. The number of hydrazone groups is 1. The zero-order valence-corrected chi connectivity index (χ0v) is 19.3. The molecule has 0 bridgehead atoms. The SMILES string of the molecule is Cc1nocc1NC(=S)N/N=C/c1ccc2c(ccc3c2nnn3-c2ccc(OC(F)(F)F)cc2)c1. The van der Waals surface area contributed by atoms with Crippen LogP contribution in [0.2, 0.25) is 0 Å². The van der Waals surface area contributed by atoms with Crippen molar-refractivity contribution in [3.63, 3.8) is 0 Å². The second kappa shape index (κ2) is 9.26. The van der Waals surface area contributed by atoms with Gasteiger partial charge < -0.3 is 14.6 Å². The van der Waals surface area contributed by atoms with Gasteiger partial charge in [-0.05, 0) is 66.5 Å². The van der Waals surface area contributed by atoms with E-state index in [4.69, 9.17) is 16.7 Å². The molecule has 9 nitrogen and oxygen atoms in total. The number of benzene rings is 3. The topological polar surface area (TPSA) is 102 Å². The molecule has 0 aliphatic carbocycles. The Bertz CT molecular complexity index is 1590. The second-order valence-corrected chi connectivity index (χ2v) is 8.00. The van der Waals surface area contributed by atoms with E-state index in [9.17, 15) is 13.2 Å². The van der Waals surface area contributed by atoms with Gasteiger partial charge in [-0.2, -0.15) is 5.10 Å². The van der Waals surface area contributed by atoms with Crippen LogP contribution in [0.4, 0.5) is 18.9 Å². The molecule has 2 aromatic heterocycles. The van der Waals surface area contributed by atoms with Crippen molar-refractivity contribution in [2.75, 3.05) is 5.32 Å². The van der Waals surface area contributed by atoms with Crippen LogP contribution in [0.5, 0.6) is 5.75 Å².